The Bertz CT molecular complexity index is 250. The summed E-state index contributed by atoms with van der Waals surface area (Å²) in [5, 5.41) is 0. The molecule has 0 aliphatic carbocycles. The van der Waals surface area contributed by atoms with Gasteiger partial charge in [0, 0.05) is 11.9 Å². The van der Waals surface area contributed by atoms with Crippen molar-refractivity contribution in [1.29, 1.82) is 0 Å². The van der Waals surface area contributed by atoms with Crippen molar-refractivity contribution in [2.75, 3.05) is 11.6 Å². The van der Waals surface area contributed by atoms with Gasteiger partial charge >= 0.3 is 0 Å². The van der Waals surface area contributed by atoms with E-state index in [0.717, 1.165) is 0 Å². The molecule has 0 fully saturated rings. The molecule has 0 aliphatic heterocycles. The largest absolute Gasteiger partial charge is 0.212 e. The van der Waals surface area contributed by atoms with Crippen molar-refractivity contribution in [2.24, 2.45) is 11.8 Å². The van der Waals surface area contributed by atoms with Gasteiger partial charge in [0.25, 0.3) is 0 Å². The highest BCUT2D eigenvalue weighted by atomic mass is 35.5. The lowest BCUT2D eigenvalue weighted by Crippen LogP contribution is -2.41. The Labute approximate surface area is 92.3 Å². The summed E-state index contributed by atoms with van der Waals surface area (Å²) in [5.41, 5.74) is 0. The number of hydrogen-bond acceptors (Lipinski definition) is 2. The Morgan fingerprint density at radius 3 is 2.00 bits per heavy atom. The molecule has 0 aromatic carbocycles. The zero-order chi connectivity index (χ0) is 11.4. The molecule has 1 atom stereocenters. The molecule has 5 heteroatoms. The van der Waals surface area contributed by atoms with Crippen LogP contribution >= 0.6 is 11.6 Å². The van der Waals surface area contributed by atoms with Crippen LogP contribution in [0.4, 0.5) is 0 Å². The summed E-state index contributed by atoms with van der Waals surface area (Å²) in [7, 11) is -3.17. The summed E-state index contributed by atoms with van der Waals surface area (Å²) < 4.78 is 25.7. The second-order valence-electron chi connectivity index (χ2n) is 4.30. The molecule has 86 valence electrons. The Balaban J connectivity index is 4.33. The minimum Gasteiger partial charge on any atom is -0.212 e. The van der Waals surface area contributed by atoms with Gasteiger partial charge in [0.15, 0.2) is 0 Å². The van der Waals surface area contributed by atoms with Crippen molar-refractivity contribution < 1.29 is 8.42 Å². The smallest absolute Gasteiger partial charge is 0.212 e. The lowest BCUT2D eigenvalue weighted by molar-refractivity contribution is 0.477. The fourth-order valence-electron chi connectivity index (χ4n) is 1.06. The summed E-state index contributed by atoms with van der Waals surface area (Å²) in [6.07, 6.45) is 0. The van der Waals surface area contributed by atoms with Crippen LogP contribution in [0, 0.1) is 11.8 Å². The minimum absolute atomic E-state index is 0.135. The van der Waals surface area contributed by atoms with E-state index in [-0.39, 0.29) is 23.6 Å². The van der Waals surface area contributed by atoms with Gasteiger partial charge in [-0.2, -0.15) is 0 Å². The fraction of sp³-hybridized carbons (Fsp3) is 1.00. The van der Waals surface area contributed by atoms with E-state index in [1.54, 1.807) is 0 Å². The molecule has 0 heterocycles. The monoisotopic (exact) mass is 241 g/mol. The first-order valence-electron chi connectivity index (χ1n) is 4.84. The van der Waals surface area contributed by atoms with Crippen LogP contribution in [-0.2, 0) is 10.0 Å². The summed E-state index contributed by atoms with van der Waals surface area (Å²) in [6.45, 7) is 7.66. The van der Waals surface area contributed by atoms with Gasteiger partial charge in [0.2, 0.25) is 10.0 Å². The van der Waals surface area contributed by atoms with Gasteiger partial charge in [-0.05, 0) is 11.8 Å². The fourth-order valence-corrected chi connectivity index (χ4v) is 3.38. The van der Waals surface area contributed by atoms with Crippen molar-refractivity contribution in [2.45, 2.75) is 33.7 Å². The van der Waals surface area contributed by atoms with E-state index in [1.165, 1.54) is 0 Å². The molecular formula is C9H20ClNO2S. The second-order valence-corrected chi connectivity index (χ2v) is 6.41. The Kier molecular flexibility index (Phi) is 6.02. The van der Waals surface area contributed by atoms with Crippen LogP contribution in [0.5, 0.6) is 0 Å². The van der Waals surface area contributed by atoms with Crippen LogP contribution in [0.2, 0.25) is 0 Å². The van der Waals surface area contributed by atoms with Gasteiger partial charge in [0.1, 0.15) is 0 Å². The number of hydrogen-bond donors (Lipinski definition) is 1. The van der Waals surface area contributed by atoms with Crippen LogP contribution in [0.1, 0.15) is 27.7 Å². The van der Waals surface area contributed by atoms with Crippen LogP contribution in [-0.4, -0.2) is 26.1 Å². The topological polar surface area (TPSA) is 46.2 Å². The van der Waals surface area contributed by atoms with E-state index < -0.39 is 10.0 Å². The van der Waals surface area contributed by atoms with Gasteiger partial charge in [-0.15, -0.1) is 11.6 Å². The van der Waals surface area contributed by atoms with E-state index in [9.17, 15) is 8.42 Å². The highest BCUT2D eigenvalue weighted by Crippen LogP contribution is 2.07. The Hall–Kier alpha value is 0.200. The molecule has 1 N–H and O–H groups in total. The molecule has 14 heavy (non-hydrogen) atoms. The summed E-state index contributed by atoms with van der Waals surface area (Å²) in [5.74, 6) is 0.826. The zero-order valence-electron chi connectivity index (χ0n) is 9.25. The third-order valence-electron chi connectivity index (χ3n) is 1.85. The lowest BCUT2D eigenvalue weighted by atomic mass is 10.1. The number of halogens is 1. The van der Waals surface area contributed by atoms with Crippen molar-refractivity contribution >= 4 is 21.6 Å². The molecule has 0 aromatic heterocycles. The molecule has 0 amide bonds. The molecule has 0 saturated heterocycles. The predicted octanol–water partition coefficient (Wildman–Crippen LogP) is 1.83. The van der Waals surface area contributed by atoms with E-state index in [4.69, 9.17) is 11.6 Å². The molecule has 0 aliphatic rings. The first kappa shape index (κ1) is 14.2. The number of alkyl halides is 1. The molecule has 0 radical (unpaired) electrons. The van der Waals surface area contributed by atoms with E-state index >= 15 is 0 Å². The molecule has 0 spiro atoms. The summed E-state index contributed by atoms with van der Waals surface area (Å²) in [4.78, 5) is 0. The maximum Gasteiger partial charge on any atom is 0.212 e. The van der Waals surface area contributed by atoms with Gasteiger partial charge in [-0.25, -0.2) is 13.1 Å². The number of rotatable bonds is 6. The average Bonchev–Trinajstić information content (AvgIpc) is 1.97. The third kappa shape index (κ3) is 5.83. The first-order valence-corrected chi connectivity index (χ1v) is 7.03. The normalized spacial score (nSPS) is 15.1. The van der Waals surface area contributed by atoms with E-state index in [2.05, 4.69) is 4.72 Å². The highest BCUT2D eigenvalue weighted by molar-refractivity contribution is 7.89. The maximum atomic E-state index is 11.5. The molecule has 1 unspecified atom stereocenters. The molecular weight excluding hydrogens is 222 g/mol. The standard InChI is InChI=1S/C9H20ClNO2S/c1-7(2)6-14(12,13)11-9(5-10)8(3)4/h7-9,11H,5-6H2,1-4H3. The zero-order valence-corrected chi connectivity index (χ0v) is 10.8. The van der Waals surface area contributed by atoms with Crippen LogP contribution < -0.4 is 4.72 Å². The highest BCUT2D eigenvalue weighted by Gasteiger charge is 2.20. The maximum absolute atomic E-state index is 11.5. The van der Waals surface area contributed by atoms with Gasteiger partial charge in [-0.3, -0.25) is 0 Å². The number of nitrogens with one attached hydrogen (secondary N) is 1. The number of sulfonamides is 1. The molecule has 0 bridgehead atoms. The van der Waals surface area contributed by atoms with Crippen LogP contribution in [0.25, 0.3) is 0 Å². The van der Waals surface area contributed by atoms with Crippen LogP contribution in [0.15, 0.2) is 0 Å². The van der Waals surface area contributed by atoms with Crippen molar-refractivity contribution in [1.82, 2.24) is 4.72 Å². The van der Waals surface area contributed by atoms with E-state index in [1.807, 2.05) is 27.7 Å². The molecule has 3 nitrogen and oxygen atoms in total. The van der Waals surface area contributed by atoms with Gasteiger partial charge in [-0.1, -0.05) is 27.7 Å². The predicted molar refractivity (Wildman–Crippen MR) is 61.1 cm³/mol. The molecule has 0 aromatic rings. The lowest BCUT2D eigenvalue weighted by Gasteiger charge is -2.20. The van der Waals surface area contributed by atoms with Gasteiger partial charge < -0.3 is 0 Å². The van der Waals surface area contributed by atoms with Gasteiger partial charge in [0.05, 0.1) is 5.75 Å². The third-order valence-corrected chi connectivity index (χ3v) is 3.95. The van der Waals surface area contributed by atoms with Crippen molar-refractivity contribution in [3.05, 3.63) is 0 Å². The van der Waals surface area contributed by atoms with Crippen LogP contribution in [0.3, 0.4) is 0 Å². The Morgan fingerprint density at radius 2 is 1.71 bits per heavy atom. The summed E-state index contributed by atoms with van der Waals surface area (Å²) in [6, 6.07) is -0.166. The quantitative estimate of drug-likeness (QED) is 0.722. The second kappa shape index (κ2) is 5.93. The molecule has 0 saturated carbocycles. The first-order chi connectivity index (χ1) is 6.28. The van der Waals surface area contributed by atoms with Crippen molar-refractivity contribution in [3.8, 4) is 0 Å². The molecule has 0 rings (SSSR count). The van der Waals surface area contributed by atoms with E-state index in [0.29, 0.717) is 5.88 Å². The minimum atomic E-state index is -3.17. The average molecular weight is 242 g/mol. The SMILES string of the molecule is CC(C)CS(=O)(=O)NC(CCl)C(C)C. The van der Waals surface area contributed by atoms with Crippen molar-refractivity contribution in [3.63, 3.8) is 0 Å². The summed E-state index contributed by atoms with van der Waals surface area (Å²) >= 11 is 5.68. The Morgan fingerprint density at radius 1 is 1.21 bits per heavy atom.